The Morgan fingerprint density at radius 2 is 1.65 bits per heavy atom. The number of anilines is 1. The Labute approximate surface area is 160 Å². The summed E-state index contributed by atoms with van der Waals surface area (Å²) in [4.78, 5) is 0. The Bertz CT molecular complexity index is 997. The fraction of sp³-hybridized carbons (Fsp3) is 0.182. The van der Waals surface area contributed by atoms with Gasteiger partial charge in [0.2, 0.25) is 0 Å². The number of nitrogens with zero attached hydrogens (tertiary/aromatic N) is 1. The molecule has 0 aliphatic heterocycles. The highest BCUT2D eigenvalue weighted by Gasteiger charge is 2.15. The molecule has 1 heterocycles. The average Bonchev–Trinajstić information content (AvgIpc) is 2.93. The number of nitrogens with one attached hydrogen (secondary N) is 1. The van der Waals surface area contributed by atoms with E-state index in [4.69, 9.17) is 0 Å². The van der Waals surface area contributed by atoms with Gasteiger partial charge in [-0.05, 0) is 49.4 Å². The molecular weight excluding hydrogens is 391 g/mol. The Morgan fingerprint density at radius 1 is 0.962 bits per heavy atom. The van der Waals surface area contributed by atoms with Gasteiger partial charge in [-0.25, -0.2) is 4.39 Å². The molecule has 0 amide bonds. The second-order valence-electron chi connectivity index (χ2n) is 6.64. The van der Waals surface area contributed by atoms with E-state index in [2.05, 4.69) is 63.1 Å². The van der Waals surface area contributed by atoms with Crippen molar-refractivity contribution < 1.29 is 4.39 Å². The first-order valence-corrected chi connectivity index (χ1v) is 9.52. The van der Waals surface area contributed by atoms with Gasteiger partial charge in [-0.15, -0.1) is 0 Å². The largest absolute Gasteiger partial charge is 0.382 e. The van der Waals surface area contributed by atoms with Crippen molar-refractivity contribution in [3.05, 3.63) is 76.8 Å². The van der Waals surface area contributed by atoms with Crippen LogP contribution in [0.4, 0.5) is 10.1 Å². The van der Waals surface area contributed by atoms with Crippen molar-refractivity contribution >= 4 is 43.4 Å². The lowest BCUT2D eigenvalue weighted by Crippen LogP contribution is -2.21. The van der Waals surface area contributed by atoms with Crippen LogP contribution < -0.4 is 5.32 Å². The Balaban J connectivity index is 1.66. The minimum absolute atomic E-state index is 0.285. The third kappa shape index (κ3) is 3.34. The van der Waals surface area contributed by atoms with E-state index >= 15 is 0 Å². The molecule has 1 unspecified atom stereocenters. The molecular formula is C22H20BrFN2. The lowest BCUT2D eigenvalue weighted by molar-refractivity contribution is 0.316. The van der Waals surface area contributed by atoms with Crippen molar-refractivity contribution in [3.63, 3.8) is 0 Å². The summed E-state index contributed by atoms with van der Waals surface area (Å²) in [6.07, 6.45) is -0.987. The average molecular weight is 411 g/mol. The van der Waals surface area contributed by atoms with E-state index in [9.17, 15) is 4.39 Å². The summed E-state index contributed by atoms with van der Waals surface area (Å²) in [5, 5.41) is 5.50. The van der Waals surface area contributed by atoms with Gasteiger partial charge in [0, 0.05) is 38.5 Å². The Kier molecular flexibility index (Phi) is 4.68. The predicted molar refractivity (Wildman–Crippen MR) is 112 cm³/mol. The number of halogens is 2. The van der Waals surface area contributed by atoms with Crippen LogP contribution in [-0.4, -0.2) is 17.3 Å². The molecule has 0 radical (unpaired) electrons. The zero-order valence-electron chi connectivity index (χ0n) is 14.5. The standard InChI is InChI=1S/C22H20BrFN2/c1-15-7-9-21-19(11-15)20-12-16(23)8-10-22(20)26(21)14-17(24)13-25-18-5-3-2-4-6-18/h2-12,17,25H,13-14H2,1H3. The summed E-state index contributed by atoms with van der Waals surface area (Å²) < 4.78 is 17.9. The molecule has 4 rings (SSSR count). The van der Waals surface area contributed by atoms with Gasteiger partial charge in [0.25, 0.3) is 0 Å². The van der Waals surface area contributed by atoms with E-state index in [0.717, 1.165) is 26.6 Å². The predicted octanol–water partition coefficient (Wildman–Crippen LogP) is 6.32. The minimum atomic E-state index is -0.987. The normalized spacial score (nSPS) is 12.6. The highest BCUT2D eigenvalue weighted by molar-refractivity contribution is 9.10. The Morgan fingerprint density at radius 3 is 2.42 bits per heavy atom. The monoisotopic (exact) mass is 410 g/mol. The lowest BCUT2D eigenvalue weighted by atomic mass is 10.1. The van der Waals surface area contributed by atoms with Crippen molar-refractivity contribution in [1.29, 1.82) is 0 Å². The molecule has 0 aliphatic carbocycles. The molecule has 0 spiro atoms. The number of alkyl halides is 1. The maximum absolute atomic E-state index is 14.8. The molecule has 4 aromatic rings. The molecule has 0 fully saturated rings. The first-order chi connectivity index (χ1) is 12.6. The number of aromatic nitrogens is 1. The summed E-state index contributed by atoms with van der Waals surface area (Å²) in [6.45, 7) is 2.69. The molecule has 3 aromatic carbocycles. The molecule has 0 saturated carbocycles. The van der Waals surface area contributed by atoms with Gasteiger partial charge in [-0.2, -0.15) is 0 Å². The zero-order chi connectivity index (χ0) is 18.1. The molecule has 26 heavy (non-hydrogen) atoms. The number of hydrogen-bond donors (Lipinski definition) is 1. The van der Waals surface area contributed by atoms with E-state index in [-0.39, 0.29) is 6.54 Å². The van der Waals surface area contributed by atoms with E-state index < -0.39 is 6.17 Å². The van der Waals surface area contributed by atoms with Gasteiger partial charge in [0.05, 0.1) is 6.54 Å². The van der Waals surface area contributed by atoms with Crippen LogP contribution in [0.15, 0.2) is 71.2 Å². The van der Waals surface area contributed by atoms with Crippen molar-refractivity contribution in [1.82, 2.24) is 4.57 Å². The van der Waals surface area contributed by atoms with Gasteiger partial charge in [-0.1, -0.05) is 45.8 Å². The van der Waals surface area contributed by atoms with Crippen LogP contribution in [0.2, 0.25) is 0 Å². The lowest BCUT2D eigenvalue weighted by Gasteiger charge is -2.14. The van der Waals surface area contributed by atoms with Crippen molar-refractivity contribution in [3.8, 4) is 0 Å². The third-order valence-corrected chi connectivity index (χ3v) is 5.16. The fourth-order valence-electron chi connectivity index (χ4n) is 3.43. The summed E-state index contributed by atoms with van der Waals surface area (Å²) in [5.41, 5.74) is 4.29. The van der Waals surface area contributed by atoms with E-state index in [1.54, 1.807) is 0 Å². The topological polar surface area (TPSA) is 17.0 Å². The smallest absolute Gasteiger partial charge is 0.135 e. The molecule has 1 N–H and O–H groups in total. The summed E-state index contributed by atoms with van der Waals surface area (Å²) in [6, 6.07) is 22.3. The van der Waals surface area contributed by atoms with Crippen LogP contribution in [0.3, 0.4) is 0 Å². The number of para-hydroxylation sites is 1. The van der Waals surface area contributed by atoms with Gasteiger partial charge in [0.1, 0.15) is 6.17 Å². The van der Waals surface area contributed by atoms with Crippen molar-refractivity contribution in [2.45, 2.75) is 19.6 Å². The number of fused-ring (bicyclic) bond motifs is 3. The Hall–Kier alpha value is -2.33. The van der Waals surface area contributed by atoms with Crippen LogP contribution in [0.25, 0.3) is 21.8 Å². The van der Waals surface area contributed by atoms with Crippen LogP contribution >= 0.6 is 15.9 Å². The van der Waals surface area contributed by atoms with Crippen molar-refractivity contribution in [2.75, 3.05) is 11.9 Å². The second kappa shape index (κ2) is 7.12. The molecule has 0 saturated heterocycles. The van der Waals surface area contributed by atoms with Crippen molar-refractivity contribution in [2.24, 2.45) is 0 Å². The summed E-state index contributed by atoms with van der Waals surface area (Å²) in [7, 11) is 0. The van der Waals surface area contributed by atoms with E-state index in [1.807, 2.05) is 36.4 Å². The molecule has 1 aromatic heterocycles. The second-order valence-corrected chi connectivity index (χ2v) is 7.55. The summed E-state index contributed by atoms with van der Waals surface area (Å²) >= 11 is 3.55. The molecule has 0 aliphatic rings. The van der Waals surface area contributed by atoms with E-state index in [1.165, 1.54) is 10.9 Å². The van der Waals surface area contributed by atoms with Crippen LogP contribution in [-0.2, 0) is 6.54 Å². The van der Waals surface area contributed by atoms with Gasteiger partial charge in [-0.3, -0.25) is 0 Å². The number of aryl methyl sites for hydroxylation is 1. The van der Waals surface area contributed by atoms with E-state index in [0.29, 0.717) is 6.54 Å². The number of benzene rings is 3. The first kappa shape index (κ1) is 17.1. The molecule has 1 atom stereocenters. The van der Waals surface area contributed by atoms with Crippen LogP contribution in [0.1, 0.15) is 5.56 Å². The number of rotatable bonds is 5. The maximum Gasteiger partial charge on any atom is 0.135 e. The zero-order valence-corrected chi connectivity index (χ0v) is 16.1. The first-order valence-electron chi connectivity index (χ1n) is 8.73. The van der Waals surface area contributed by atoms with Crippen LogP contribution in [0.5, 0.6) is 0 Å². The summed E-state index contributed by atoms with van der Waals surface area (Å²) in [5.74, 6) is 0. The fourth-order valence-corrected chi connectivity index (χ4v) is 3.80. The minimum Gasteiger partial charge on any atom is -0.382 e. The molecule has 132 valence electrons. The van der Waals surface area contributed by atoms with Gasteiger partial charge >= 0.3 is 0 Å². The molecule has 2 nitrogen and oxygen atoms in total. The molecule has 4 heteroatoms. The quantitative estimate of drug-likeness (QED) is 0.407. The number of hydrogen-bond acceptors (Lipinski definition) is 1. The highest BCUT2D eigenvalue weighted by atomic mass is 79.9. The molecule has 0 bridgehead atoms. The SMILES string of the molecule is Cc1ccc2c(c1)c1cc(Br)ccc1n2CC(F)CNc1ccccc1. The van der Waals surface area contributed by atoms with Gasteiger partial charge < -0.3 is 9.88 Å². The third-order valence-electron chi connectivity index (χ3n) is 4.66. The highest BCUT2D eigenvalue weighted by Crippen LogP contribution is 2.32. The van der Waals surface area contributed by atoms with Gasteiger partial charge in [0.15, 0.2) is 0 Å². The van der Waals surface area contributed by atoms with Crippen LogP contribution in [0, 0.1) is 6.92 Å². The maximum atomic E-state index is 14.8.